The van der Waals surface area contributed by atoms with Gasteiger partial charge >= 0.3 is 12.3 Å². The van der Waals surface area contributed by atoms with Crippen LogP contribution in [0.25, 0.3) is 0 Å². The summed E-state index contributed by atoms with van der Waals surface area (Å²) < 4.78 is 42.7. The van der Waals surface area contributed by atoms with Crippen molar-refractivity contribution >= 4 is 12.0 Å². The van der Waals surface area contributed by atoms with E-state index in [2.05, 4.69) is 23.8 Å². The van der Waals surface area contributed by atoms with Crippen molar-refractivity contribution in [3.8, 4) is 0 Å². The highest BCUT2D eigenvalue weighted by Gasteiger charge is 2.33. The zero-order valence-electron chi connectivity index (χ0n) is 18.1. The largest absolute Gasteiger partial charge is 0.447 e. The Hall–Kier alpha value is -2.87. The Kier molecular flexibility index (Phi) is 10.2. The summed E-state index contributed by atoms with van der Waals surface area (Å²) in [6.07, 6.45) is -7.26. The molecule has 2 aromatic rings. The van der Waals surface area contributed by atoms with Crippen LogP contribution < -0.4 is 0 Å². The summed E-state index contributed by atoms with van der Waals surface area (Å²) in [4.78, 5) is 23.9. The van der Waals surface area contributed by atoms with E-state index in [9.17, 15) is 27.9 Å². The van der Waals surface area contributed by atoms with Crippen molar-refractivity contribution in [1.29, 1.82) is 0 Å². The number of aliphatic hydroxyl groups is 1. The Bertz CT molecular complexity index is 854. The number of nitrogens with zero attached hydrogens (tertiary/aromatic N) is 1. The van der Waals surface area contributed by atoms with Crippen LogP contribution in [0, 0.1) is 13.8 Å². The number of aliphatic hydroxyl groups excluding tert-OH is 1. The lowest BCUT2D eigenvalue weighted by atomic mass is 9.98. The van der Waals surface area contributed by atoms with Gasteiger partial charge in [0.1, 0.15) is 6.61 Å². The maximum atomic E-state index is 12.7. The summed E-state index contributed by atoms with van der Waals surface area (Å²) in [5, 5.41) is 10.0. The molecular formula is C23H28F3NO4. The first-order valence-corrected chi connectivity index (χ1v) is 9.94. The number of benzene rings is 2. The monoisotopic (exact) mass is 439 g/mol. The predicted octanol–water partition coefficient (Wildman–Crippen LogP) is 5.44. The quantitative estimate of drug-likeness (QED) is 0.692. The minimum absolute atomic E-state index is 0.00994. The molecule has 0 saturated carbocycles. The van der Waals surface area contributed by atoms with Gasteiger partial charge in [-0.1, -0.05) is 55.8 Å². The van der Waals surface area contributed by atoms with Crippen molar-refractivity contribution in [2.24, 2.45) is 0 Å². The number of hydrogen-bond donors (Lipinski definition) is 1. The lowest BCUT2D eigenvalue weighted by molar-refractivity contribution is -0.137. The van der Waals surface area contributed by atoms with Gasteiger partial charge in [-0.3, -0.25) is 4.79 Å². The van der Waals surface area contributed by atoms with Crippen molar-refractivity contribution in [2.45, 2.75) is 46.4 Å². The maximum Gasteiger partial charge on any atom is 0.416 e. The van der Waals surface area contributed by atoms with Crippen LogP contribution in [0.5, 0.6) is 0 Å². The fraction of sp³-hybridized carbons (Fsp3) is 0.391. The smallest absolute Gasteiger partial charge is 0.416 e. The zero-order valence-corrected chi connectivity index (χ0v) is 18.1. The van der Waals surface area contributed by atoms with Gasteiger partial charge in [-0.15, -0.1) is 0 Å². The van der Waals surface area contributed by atoms with Crippen molar-refractivity contribution < 1.29 is 32.6 Å². The molecule has 1 saturated heterocycles. The van der Waals surface area contributed by atoms with E-state index in [1.807, 2.05) is 32.0 Å². The molecule has 170 valence electrons. The van der Waals surface area contributed by atoms with Crippen LogP contribution in [-0.2, 0) is 15.7 Å². The minimum Gasteiger partial charge on any atom is -0.447 e. The standard InChI is InChI=1S/C14H14F3NO4.C7H8.C2H6/c1-8-2-3-9(14(15,16)17)6-10(8)11(19)7-12(20)18-4-5-22-13(18)21;1-7-5-3-2-4-6-7;1-2/h2-3,6,11,19H,4-5,7H2,1H3;2-6H,1H3;1-2H3. The van der Waals surface area contributed by atoms with Gasteiger partial charge in [0.05, 0.1) is 24.6 Å². The van der Waals surface area contributed by atoms with Gasteiger partial charge in [0.15, 0.2) is 0 Å². The van der Waals surface area contributed by atoms with Crippen LogP contribution >= 0.6 is 0 Å². The average molecular weight is 439 g/mol. The molecular weight excluding hydrogens is 411 g/mol. The van der Waals surface area contributed by atoms with E-state index in [-0.39, 0.29) is 18.7 Å². The number of ether oxygens (including phenoxy) is 1. The molecule has 8 heteroatoms. The van der Waals surface area contributed by atoms with Crippen LogP contribution in [0.4, 0.5) is 18.0 Å². The lowest BCUT2D eigenvalue weighted by Crippen LogP contribution is -2.32. The van der Waals surface area contributed by atoms with Crippen LogP contribution in [0.3, 0.4) is 0 Å². The molecule has 0 aliphatic carbocycles. The molecule has 0 radical (unpaired) electrons. The molecule has 1 unspecified atom stereocenters. The molecule has 5 nitrogen and oxygen atoms in total. The molecule has 0 aromatic heterocycles. The summed E-state index contributed by atoms with van der Waals surface area (Å²) in [6, 6.07) is 13.2. The van der Waals surface area contributed by atoms with Gasteiger partial charge in [-0.25, -0.2) is 9.69 Å². The number of amides is 2. The van der Waals surface area contributed by atoms with Gasteiger partial charge in [-0.2, -0.15) is 13.2 Å². The molecule has 2 amide bonds. The van der Waals surface area contributed by atoms with E-state index >= 15 is 0 Å². The number of aryl methyl sites for hydroxylation is 2. The van der Waals surface area contributed by atoms with Gasteiger partial charge < -0.3 is 9.84 Å². The zero-order chi connectivity index (χ0) is 23.6. The van der Waals surface area contributed by atoms with E-state index < -0.39 is 36.3 Å². The molecule has 1 aliphatic rings. The number of carbonyl (C=O) groups is 2. The van der Waals surface area contributed by atoms with Crippen molar-refractivity contribution in [3.05, 3.63) is 70.8 Å². The van der Waals surface area contributed by atoms with Crippen molar-refractivity contribution in [1.82, 2.24) is 4.90 Å². The first-order chi connectivity index (χ1) is 14.6. The molecule has 1 aliphatic heterocycles. The van der Waals surface area contributed by atoms with Crippen molar-refractivity contribution in [3.63, 3.8) is 0 Å². The number of imide groups is 1. The van der Waals surface area contributed by atoms with E-state index in [0.717, 1.165) is 17.0 Å². The van der Waals surface area contributed by atoms with Crippen LogP contribution in [-0.4, -0.2) is 35.2 Å². The van der Waals surface area contributed by atoms with Gasteiger partial charge in [0, 0.05) is 0 Å². The predicted molar refractivity (Wildman–Crippen MR) is 111 cm³/mol. The highest BCUT2D eigenvalue weighted by Crippen LogP contribution is 2.33. The SMILES string of the molecule is CC.Cc1ccc(C(F)(F)F)cc1C(O)CC(=O)N1CCOC1=O.Cc1ccccc1. The lowest BCUT2D eigenvalue weighted by Gasteiger charge is -2.18. The van der Waals surface area contributed by atoms with Crippen LogP contribution in [0.2, 0.25) is 0 Å². The van der Waals surface area contributed by atoms with E-state index in [0.29, 0.717) is 5.56 Å². The number of alkyl halides is 3. The number of hydrogen-bond acceptors (Lipinski definition) is 4. The Balaban J connectivity index is 0.000000447. The van der Waals surface area contributed by atoms with Crippen molar-refractivity contribution in [2.75, 3.05) is 13.2 Å². The fourth-order valence-corrected chi connectivity index (χ4v) is 2.72. The summed E-state index contributed by atoms with van der Waals surface area (Å²) in [7, 11) is 0. The number of rotatable bonds is 3. The molecule has 0 bridgehead atoms. The minimum atomic E-state index is -4.54. The first-order valence-electron chi connectivity index (χ1n) is 9.94. The third kappa shape index (κ3) is 8.05. The molecule has 1 N–H and O–H groups in total. The molecule has 31 heavy (non-hydrogen) atoms. The topological polar surface area (TPSA) is 66.8 Å². The average Bonchev–Trinajstić information content (AvgIpc) is 3.16. The third-order valence-corrected chi connectivity index (χ3v) is 4.34. The summed E-state index contributed by atoms with van der Waals surface area (Å²) in [5.74, 6) is -0.688. The molecule has 0 spiro atoms. The number of cyclic esters (lactones) is 1. The summed E-state index contributed by atoms with van der Waals surface area (Å²) in [5.41, 5.74) is 0.857. The first kappa shape index (κ1) is 26.2. The van der Waals surface area contributed by atoms with Crippen LogP contribution in [0.1, 0.15) is 48.6 Å². The molecule has 1 fully saturated rings. The highest BCUT2D eigenvalue weighted by molar-refractivity contribution is 5.93. The third-order valence-electron chi connectivity index (χ3n) is 4.34. The van der Waals surface area contributed by atoms with Gasteiger partial charge in [-0.05, 0) is 37.1 Å². The summed E-state index contributed by atoms with van der Waals surface area (Å²) >= 11 is 0. The molecule has 1 heterocycles. The Morgan fingerprint density at radius 3 is 2.19 bits per heavy atom. The van der Waals surface area contributed by atoms with Gasteiger partial charge in [0.2, 0.25) is 5.91 Å². The maximum absolute atomic E-state index is 12.7. The highest BCUT2D eigenvalue weighted by atomic mass is 19.4. The van der Waals surface area contributed by atoms with Gasteiger partial charge in [0.25, 0.3) is 0 Å². The second kappa shape index (κ2) is 12.1. The molecule has 3 rings (SSSR count). The van der Waals surface area contributed by atoms with E-state index in [4.69, 9.17) is 0 Å². The molecule has 2 aromatic carbocycles. The Morgan fingerprint density at radius 2 is 1.74 bits per heavy atom. The van der Waals surface area contributed by atoms with Crippen LogP contribution in [0.15, 0.2) is 48.5 Å². The number of carbonyl (C=O) groups excluding carboxylic acids is 2. The second-order valence-electron chi connectivity index (χ2n) is 6.60. The number of halogens is 3. The Labute approximate surface area is 180 Å². The fourth-order valence-electron chi connectivity index (χ4n) is 2.72. The van der Waals surface area contributed by atoms with E-state index in [1.54, 1.807) is 0 Å². The Morgan fingerprint density at radius 1 is 1.13 bits per heavy atom. The van der Waals surface area contributed by atoms with E-state index in [1.165, 1.54) is 18.6 Å². The molecule has 1 atom stereocenters. The normalized spacial score (nSPS) is 13.9. The second-order valence-corrected chi connectivity index (χ2v) is 6.60. The summed E-state index contributed by atoms with van der Waals surface area (Å²) in [6.45, 7) is 7.77.